The highest BCUT2D eigenvalue weighted by atomic mass is 16.3. The number of benzene rings is 7. The summed E-state index contributed by atoms with van der Waals surface area (Å²) in [6.45, 7) is 0. The number of rotatable bonds is 6. The van der Waals surface area contributed by atoms with Crippen molar-refractivity contribution in [1.29, 1.82) is 0 Å². The van der Waals surface area contributed by atoms with Crippen LogP contribution >= 0.6 is 0 Å². The molecule has 262 valence electrons. The van der Waals surface area contributed by atoms with Crippen molar-refractivity contribution in [2.45, 2.75) is 0 Å². The zero-order valence-electron chi connectivity index (χ0n) is 30.2. The number of pyridine rings is 1. The Kier molecular flexibility index (Phi) is 7.42. The van der Waals surface area contributed by atoms with Crippen LogP contribution in [0.15, 0.2) is 199 Å². The molecule has 0 aliphatic carbocycles. The van der Waals surface area contributed by atoms with E-state index in [2.05, 4.69) is 144 Å². The molecule has 0 N–H and O–H groups in total. The maximum Gasteiger partial charge on any atom is 0.160 e. The van der Waals surface area contributed by atoms with Crippen LogP contribution in [0.25, 0.3) is 106 Å². The van der Waals surface area contributed by atoms with Gasteiger partial charge in [0, 0.05) is 38.7 Å². The van der Waals surface area contributed by atoms with Gasteiger partial charge in [0.2, 0.25) is 0 Å². The lowest BCUT2D eigenvalue weighted by Gasteiger charge is -2.11. The summed E-state index contributed by atoms with van der Waals surface area (Å²) in [7, 11) is 0. The highest BCUT2D eigenvalue weighted by Gasteiger charge is 2.23. The molecule has 0 saturated heterocycles. The zero-order valence-corrected chi connectivity index (χ0v) is 30.2. The minimum atomic E-state index is 0.706. The SMILES string of the molecule is c1ccc(-c2cc(-c3ccc(-c4ccc(-c5nc6c(c7ccccc7n6-c6ccccc6)c6oc7ccccc7c56)cc4)cc3)nc(-c3ccccc3)n2)cc1. The van der Waals surface area contributed by atoms with E-state index in [4.69, 9.17) is 19.4 Å². The highest BCUT2D eigenvalue weighted by Crippen LogP contribution is 2.44. The number of para-hydroxylation sites is 3. The van der Waals surface area contributed by atoms with Crippen LogP contribution in [0.1, 0.15) is 0 Å². The summed E-state index contributed by atoms with van der Waals surface area (Å²) >= 11 is 0. The van der Waals surface area contributed by atoms with Crippen LogP contribution in [0.4, 0.5) is 0 Å². The van der Waals surface area contributed by atoms with Gasteiger partial charge in [0.25, 0.3) is 0 Å². The summed E-state index contributed by atoms with van der Waals surface area (Å²) in [5.74, 6) is 0.706. The van der Waals surface area contributed by atoms with Gasteiger partial charge >= 0.3 is 0 Å². The van der Waals surface area contributed by atoms with Crippen molar-refractivity contribution in [3.05, 3.63) is 194 Å². The fourth-order valence-electron chi connectivity index (χ4n) is 7.94. The number of hydrogen-bond acceptors (Lipinski definition) is 4. The Bertz CT molecular complexity index is 3150. The van der Waals surface area contributed by atoms with E-state index in [9.17, 15) is 0 Å². The Morgan fingerprint density at radius 1 is 0.393 bits per heavy atom. The molecule has 11 aromatic rings. The van der Waals surface area contributed by atoms with Crippen molar-refractivity contribution in [2.75, 3.05) is 0 Å². The van der Waals surface area contributed by atoms with E-state index >= 15 is 0 Å². The van der Waals surface area contributed by atoms with Gasteiger partial charge in [0.15, 0.2) is 5.82 Å². The molecule has 4 aromatic heterocycles. The minimum Gasteiger partial charge on any atom is -0.455 e. The van der Waals surface area contributed by atoms with Gasteiger partial charge in [-0.2, -0.15) is 0 Å². The van der Waals surface area contributed by atoms with Crippen molar-refractivity contribution in [3.63, 3.8) is 0 Å². The van der Waals surface area contributed by atoms with E-state index in [-0.39, 0.29) is 0 Å². The summed E-state index contributed by atoms with van der Waals surface area (Å²) in [5.41, 5.74) is 13.7. The van der Waals surface area contributed by atoms with Crippen molar-refractivity contribution in [1.82, 2.24) is 19.5 Å². The molecule has 7 aromatic carbocycles. The zero-order chi connectivity index (χ0) is 37.0. The highest BCUT2D eigenvalue weighted by molar-refractivity contribution is 6.25. The first-order valence-corrected chi connectivity index (χ1v) is 18.8. The minimum absolute atomic E-state index is 0.706. The Morgan fingerprint density at radius 3 is 1.59 bits per heavy atom. The van der Waals surface area contributed by atoms with Crippen molar-refractivity contribution in [3.8, 4) is 62.0 Å². The smallest absolute Gasteiger partial charge is 0.160 e. The standard InChI is InChI=1S/C51H32N4O/c1-4-14-35(15-5-1)42-32-43(53-50(52-42)38-16-6-2-7-17-38)36-28-24-33(25-29-36)34-26-30-37(31-27-34)48-46-41-21-11-13-23-45(41)56-49(46)47-40-20-10-12-22-44(40)55(51(47)54-48)39-18-8-3-9-19-39/h1-32H. The van der Waals surface area contributed by atoms with E-state index in [1.165, 1.54) is 0 Å². The molecule has 5 heteroatoms. The van der Waals surface area contributed by atoms with Crippen LogP contribution < -0.4 is 0 Å². The Labute approximate surface area is 322 Å². The average Bonchev–Trinajstić information content (AvgIpc) is 3.83. The third-order valence-electron chi connectivity index (χ3n) is 10.6. The fourth-order valence-corrected chi connectivity index (χ4v) is 7.94. The molecule has 0 aliphatic rings. The molecule has 0 saturated carbocycles. The molecule has 0 unspecified atom stereocenters. The molecule has 0 bridgehead atoms. The van der Waals surface area contributed by atoms with Crippen molar-refractivity contribution >= 4 is 43.9 Å². The Hall–Kier alpha value is -7.63. The lowest BCUT2D eigenvalue weighted by molar-refractivity contribution is 0.672. The third kappa shape index (κ3) is 5.29. The van der Waals surface area contributed by atoms with Gasteiger partial charge in [0.05, 0.1) is 33.4 Å². The number of nitrogens with zero attached hydrogens (tertiary/aromatic N) is 4. The van der Waals surface area contributed by atoms with Gasteiger partial charge in [-0.15, -0.1) is 0 Å². The van der Waals surface area contributed by atoms with E-state index in [1.807, 2.05) is 54.6 Å². The van der Waals surface area contributed by atoms with Crippen molar-refractivity contribution < 1.29 is 4.42 Å². The number of furan rings is 1. The third-order valence-corrected chi connectivity index (χ3v) is 10.6. The monoisotopic (exact) mass is 716 g/mol. The van der Waals surface area contributed by atoms with E-state index < -0.39 is 0 Å². The van der Waals surface area contributed by atoms with Crippen LogP contribution in [0.3, 0.4) is 0 Å². The maximum atomic E-state index is 6.73. The second kappa shape index (κ2) is 13.0. The van der Waals surface area contributed by atoms with Crippen LogP contribution in [0, 0.1) is 0 Å². The molecular weight excluding hydrogens is 685 g/mol. The van der Waals surface area contributed by atoms with E-state index in [1.54, 1.807) is 0 Å². The average molecular weight is 717 g/mol. The first-order chi connectivity index (χ1) is 27.8. The summed E-state index contributed by atoms with van der Waals surface area (Å²) in [4.78, 5) is 15.5. The quantitative estimate of drug-likeness (QED) is 0.172. The molecule has 0 radical (unpaired) electrons. The molecule has 0 aliphatic heterocycles. The predicted molar refractivity (Wildman–Crippen MR) is 229 cm³/mol. The molecule has 0 fully saturated rings. The lowest BCUT2D eigenvalue weighted by atomic mass is 9.98. The predicted octanol–water partition coefficient (Wildman–Crippen LogP) is 13.2. The molecule has 0 spiro atoms. The fraction of sp³-hybridized carbons (Fsp3) is 0. The van der Waals surface area contributed by atoms with Crippen molar-refractivity contribution in [2.24, 2.45) is 0 Å². The molecule has 0 atom stereocenters. The summed E-state index contributed by atoms with van der Waals surface area (Å²) < 4.78 is 8.98. The molecule has 4 heterocycles. The van der Waals surface area contributed by atoms with Crippen LogP contribution in [0.2, 0.25) is 0 Å². The Balaban J connectivity index is 1.01. The Morgan fingerprint density at radius 2 is 0.911 bits per heavy atom. The number of hydrogen-bond donors (Lipinski definition) is 0. The topological polar surface area (TPSA) is 56.7 Å². The largest absolute Gasteiger partial charge is 0.455 e. The van der Waals surface area contributed by atoms with Gasteiger partial charge < -0.3 is 4.42 Å². The second-order valence-electron chi connectivity index (χ2n) is 14.0. The van der Waals surface area contributed by atoms with Gasteiger partial charge in [-0.3, -0.25) is 4.57 Å². The van der Waals surface area contributed by atoms with Crippen LogP contribution in [0.5, 0.6) is 0 Å². The number of aromatic nitrogens is 4. The number of fused-ring (bicyclic) bond motifs is 7. The molecule has 11 rings (SSSR count). The van der Waals surface area contributed by atoms with Gasteiger partial charge in [-0.25, -0.2) is 15.0 Å². The van der Waals surface area contributed by atoms with Gasteiger partial charge in [-0.1, -0.05) is 164 Å². The maximum absolute atomic E-state index is 6.73. The van der Waals surface area contributed by atoms with Gasteiger partial charge in [0.1, 0.15) is 16.8 Å². The van der Waals surface area contributed by atoms with Crippen LogP contribution in [-0.2, 0) is 0 Å². The molecule has 56 heavy (non-hydrogen) atoms. The first kappa shape index (κ1) is 31.9. The van der Waals surface area contributed by atoms with E-state index in [0.717, 1.165) is 100 Å². The lowest BCUT2D eigenvalue weighted by Crippen LogP contribution is -1.96. The molecule has 5 nitrogen and oxygen atoms in total. The summed E-state index contributed by atoms with van der Waals surface area (Å²) in [6.07, 6.45) is 0. The first-order valence-electron chi connectivity index (χ1n) is 18.8. The second-order valence-corrected chi connectivity index (χ2v) is 14.0. The van der Waals surface area contributed by atoms with Gasteiger partial charge in [-0.05, 0) is 41.5 Å². The molecule has 0 amide bonds. The summed E-state index contributed by atoms with van der Waals surface area (Å²) in [5, 5.41) is 4.21. The summed E-state index contributed by atoms with van der Waals surface area (Å²) in [6, 6.07) is 67.1. The van der Waals surface area contributed by atoms with Crippen LogP contribution in [-0.4, -0.2) is 19.5 Å². The normalized spacial score (nSPS) is 11.6. The van der Waals surface area contributed by atoms with E-state index in [0.29, 0.717) is 5.82 Å². The molecular formula is C51H32N4O.